The lowest BCUT2D eigenvalue weighted by Gasteiger charge is -2.19. The predicted octanol–water partition coefficient (Wildman–Crippen LogP) is 3.70. The Morgan fingerprint density at radius 3 is 2.46 bits per heavy atom. The molecule has 6 heteroatoms. The third-order valence-corrected chi connectivity index (χ3v) is 4.67. The van der Waals surface area contributed by atoms with Crippen molar-refractivity contribution in [3.63, 3.8) is 0 Å². The van der Waals surface area contributed by atoms with Crippen molar-refractivity contribution in [3.05, 3.63) is 66.5 Å². The fraction of sp³-hybridized carbons (Fsp3) is 0.227. The van der Waals surface area contributed by atoms with Gasteiger partial charge in [-0.15, -0.1) is 0 Å². The first kappa shape index (κ1) is 19.4. The highest BCUT2D eigenvalue weighted by Gasteiger charge is 2.24. The van der Waals surface area contributed by atoms with Crippen LogP contribution in [0.25, 0.3) is 22.5 Å². The van der Waals surface area contributed by atoms with Gasteiger partial charge in [0.15, 0.2) is 0 Å². The van der Waals surface area contributed by atoms with Crippen molar-refractivity contribution in [2.45, 2.75) is 19.4 Å². The maximum Gasteiger partial charge on any atom is 0.337 e. The number of esters is 1. The fourth-order valence-electron chi connectivity index (χ4n) is 3.28. The van der Waals surface area contributed by atoms with E-state index in [1.165, 1.54) is 7.11 Å². The number of nitrogens with one attached hydrogen (secondary N) is 1. The number of imidazole rings is 1. The first-order chi connectivity index (χ1) is 13.6. The lowest BCUT2D eigenvalue weighted by atomic mass is 10.0. The Morgan fingerprint density at radius 2 is 1.82 bits per heavy atom. The average Bonchev–Trinajstić information content (AvgIpc) is 3.19. The number of carbonyl (C=O) groups excluding carboxylic acids is 2. The normalized spacial score (nSPS) is 11.7. The van der Waals surface area contributed by atoms with Gasteiger partial charge < -0.3 is 14.6 Å². The lowest BCUT2D eigenvalue weighted by molar-refractivity contribution is -0.123. The summed E-state index contributed by atoms with van der Waals surface area (Å²) >= 11 is 0. The van der Waals surface area contributed by atoms with Gasteiger partial charge in [-0.2, -0.15) is 0 Å². The molecule has 0 aliphatic carbocycles. The average molecular weight is 377 g/mol. The number of benzene rings is 2. The molecule has 0 aliphatic rings. The van der Waals surface area contributed by atoms with Gasteiger partial charge in [0.05, 0.1) is 30.4 Å². The van der Waals surface area contributed by atoms with Crippen LogP contribution < -0.4 is 5.32 Å². The number of amides is 1. The molecule has 0 bridgehead atoms. The molecule has 1 amide bonds. The molecule has 1 heterocycles. The van der Waals surface area contributed by atoms with Crippen LogP contribution in [0.3, 0.4) is 0 Å². The minimum absolute atomic E-state index is 0.0927. The molecule has 144 valence electrons. The van der Waals surface area contributed by atoms with Crippen molar-refractivity contribution in [1.29, 1.82) is 0 Å². The zero-order valence-electron chi connectivity index (χ0n) is 16.2. The maximum atomic E-state index is 12.5. The molecule has 1 atom stereocenters. The van der Waals surface area contributed by atoms with Crippen molar-refractivity contribution < 1.29 is 14.3 Å². The Bertz CT molecular complexity index is 980. The van der Waals surface area contributed by atoms with E-state index in [0.717, 1.165) is 22.5 Å². The summed E-state index contributed by atoms with van der Waals surface area (Å²) < 4.78 is 6.73. The molecule has 0 saturated heterocycles. The second-order valence-electron chi connectivity index (χ2n) is 6.33. The van der Waals surface area contributed by atoms with Crippen LogP contribution in [0.2, 0.25) is 0 Å². The molecule has 3 rings (SSSR count). The van der Waals surface area contributed by atoms with Gasteiger partial charge in [-0.1, -0.05) is 49.4 Å². The standard InChI is InChI=1S/C22H23N3O3/c1-4-18(21(26)23-2)25-14-24-19(15-9-6-5-7-10-15)20(25)16-11-8-12-17(13-16)22(27)28-3/h5-14,18H,4H2,1-3H3,(H,23,26)/t18-/m0/s1. The molecule has 3 aromatic rings. The smallest absolute Gasteiger partial charge is 0.337 e. The zero-order chi connectivity index (χ0) is 20.1. The molecule has 0 radical (unpaired) electrons. The molecule has 0 spiro atoms. The van der Waals surface area contributed by atoms with Gasteiger partial charge in [0, 0.05) is 18.2 Å². The molecule has 28 heavy (non-hydrogen) atoms. The Hall–Kier alpha value is -3.41. The molecule has 0 unspecified atom stereocenters. The number of carbonyl (C=O) groups is 2. The van der Waals surface area contributed by atoms with Crippen LogP contribution in [0.1, 0.15) is 29.7 Å². The summed E-state index contributed by atoms with van der Waals surface area (Å²) in [6, 6.07) is 16.5. The van der Waals surface area contributed by atoms with Crippen molar-refractivity contribution >= 4 is 11.9 Å². The van der Waals surface area contributed by atoms with E-state index in [4.69, 9.17) is 4.74 Å². The van der Waals surface area contributed by atoms with Crippen LogP contribution >= 0.6 is 0 Å². The Balaban J connectivity index is 2.23. The number of nitrogens with zero attached hydrogens (tertiary/aromatic N) is 2. The number of rotatable bonds is 6. The highest BCUT2D eigenvalue weighted by Crippen LogP contribution is 2.34. The van der Waals surface area contributed by atoms with Gasteiger partial charge in [-0.25, -0.2) is 9.78 Å². The molecule has 0 saturated carbocycles. The number of hydrogen-bond acceptors (Lipinski definition) is 4. The van der Waals surface area contributed by atoms with Crippen molar-refractivity contribution in [3.8, 4) is 22.5 Å². The van der Waals surface area contributed by atoms with Crippen LogP contribution in [-0.2, 0) is 9.53 Å². The predicted molar refractivity (Wildman–Crippen MR) is 108 cm³/mol. The first-order valence-electron chi connectivity index (χ1n) is 9.13. The Labute approximate surface area is 164 Å². The van der Waals surface area contributed by atoms with Gasteiger partial charge in [0.25, 0.3) is 0 Å². The van der Waals surface area contributed by atoms with Crippen LogP contribution in [0.4, 0.5) is 0 Å². The monoisotopic (exact) mass is 377 g/mol. The number of aromatic nitrogens is 2. The highest BCUT2D eigenvalue weighted by molar-refractivity contribution is 5.92. The SMILES string of the molecule is CC[C@@H](C(=O)NC)n1cnc(-c2ccccc2)c1-c1cccc(C(=O)OC)c1. The summed E-state index contributed by atoms with van der Waals surface area (Å²) in [5.74, 6) is -0.502. The van der Waals surface area contributed by atoms with Crippen LogP contribution in [0.15, 0.2) is 60.9 Å². The maximum absolute atomic E-state index is 12.5. The second-order valence-corrected chi connectivity index (χ2v) is 6.33. The number of ether oxygens (including phenoxy) is 1. The lowest BCUT2D eigenvalue weighted by Crippen LogP contribution is -2.29. The van der Waals surface area contributed by atoms with E-state index in [1.807, 2.05) is 47.9 Å². The quantitative estimate of drug-likeness (QED) is 0.665. The van der Waals surface area contributed by atoms with Crippen LogP contribution in [0, 0.1) is 0 Å². The van der Waals surface area contributed by atoms with E-state index < -0.39 is 12.0 Å². The van der Waals surface area contributed by atoms with Crippen molar-refractivity contribution in [2.75, 3.05) is 14.2 Å². The number of hydrogen-bond donors (Lipinski definition) is 1. The van der Waals surface area contributed by atoms with Gasteiger partial charge >= 0.3 is 5.97 Å². The van der Waals surface area contributed by atoms with Gasteiger partial charge in [0.1, 0.15) is 6.04 Å². The van der Waals surface area contributed by atoms with E-state index in [2.05, 4.69) is 10.3 Å². The number of methoxy groups -OCH3 is 1. The summed E-state index contributed by atoms with van der Waals surface area (Å²) in [7, 11) is 2.98. The van der Waals surface area contributed by atoms with Crippen LogP contribution in [0.5, 0.6) is 0 Å². The third kappa shape index (κ3) is 3.67. The molecule has 1 aromatic heterocycles. The summed E-state index contributed by atoms with van der Waals surface area (Å²) in [6.07, 6.45) is 2.29. The van der Waals surface area contributed by atoms with E-state index >= 15 is 0 Å². The van der Waals surface area contributed by atoms with Gasteiger partial charge in [0.2, 0.25) is 5.91 Å². The Kier molecular flexibility index (Phi) is 5.89. The van der Waals surface area contributed by atoms with Gasteiger partial charge in [-0.05, 0) is 18.6 Å². The van der Waals surface area contributed by atoms with Gasteiger partial charge in [-0.3, -0.25) is 4.79 Å². The van der Waals surface area contributed by atoms with E-state index in [9.17, 15) is 9.59 Å². The molecule has 2 aromatic carbocycles. The minimum Gasteiger partial charge on any atom is -0.465 e. The third-order valence-electron chi connectivity index (χ3n) is 4.67. The topological polar surface area (TPSA) is 73.2 Å². The molecule has 1 N–H and O–H groups in total. The zero-order valence-corrected chi connectivity index (χ0v) is 16.2. The molecule has 0 fully saturated rings. The summed E-state index contributed by atoms with van der Waals surface area (Å²) in [6.45, 7) is 1.96. The van der Waals surface area contributed by atoms with E-state index in [0.29, 0.717) is 12.0 Å². The van der Waals surface area contributed by atoms with E-state index in [-0.39, 0.29) is 5.91 Å². The molecular formula is C22H23N3O3. The second kappa shape index (κ2) is 8.52. The van der Waals surface area contributed by atoms with E-state index in [1.54, 1.807) is 31.6 Å². The fourth-order valence-corrected chi connectivity index (χ4v) is 3.28. The molecule has 0 aliphatic heterocycles. The largest absolute Gasteiger partial charge is 0.465 e. The Morgan fingerprint density at radius 1 is 1.11 bits per heavy atom. The summed E-state index contributed by atoms with van der Waals surface area (Å²) in [5, 5.41) is 2.72. The van der Waals surface area contributed by atoms with Crippen LogP contribution in [-0.4, -0.2) is 35.6 Å². The highest BCUT2D eigenvalue weighted by atomic mass is 16.5. The minimum atomic E-state index is -0.410. The summed E-state index contributed by atoms with van der Waals surface area (Å²) in [4.78, 5) is 29.1. The molecular weight excluding hydrogens is 354 g/mol. The van der Waals surface area contributed by atoms with Crippen molar-refractivity contribution in [1.82, 2.24) is 14.9 Å². The summed E-state index contributed by atoms with van der Waals surface area (Å²) in [5.41, 5.74) is 3.71. The molecule has 6 nitrogen and oxygen atoms in total. The first-order valence-corrected chi connectivity index (χ1v) is 9.13. The number of likely N-dealkylation sites (N-methyl/N-ethyl adjacent to an activating group) is 1. The van der Waals surface area contributed by atoms with Crippen molar-refractivity contribution in [2.24, 2.45) is 0 Å².